The zero-order chi connectivity index (χ0) is 45.6. The molecule has 4 atom stereocenters. The van der Waals surface area contributed by atoms with Gasteiger partial charge in [-0.3, -0.25) is 18.6 Å². The number of phosphoric ester groups is 1. The summed E-state index contributed by atoms with van der Waals surface area (Å²) < 4.78 is 32.5. The second-order valence-electron chi connectivity index (χ2n) is 13.8. The predicted molar refractivity (Wildman–Crippen MR) is 252 cm³/mol. The monoisotopic (exact) mass is 883 g/mol. The molecule has 12 heteroatoms. The fraction of sp³-hybridized carbons (Fsp3) is 0.480. The van der Waals surface area contributed by atoms with Gasteiger partial charge in [-0.05, 0) is 83.5 Å². The van der Waals surface area contributed by atoms with Gasteiger partial charge in [-0.1, -0.05) is 160 Å². The maximum atomic E-state index is 12.6. The van der Waals surface area contributed by atoms with Crippen LogP contribution in [0.15, 0.2) is 146 Å². The minimum Gasteiger partial charge on any atom is -0.462 e. The maximum absolute atomic E-state index is 12.6. The van der Waals surface area contributed by atoms with Crippen LogP contribution in [0.1, 0.15) is 110 Å². The Labute approximate surface area is 372 Å². The molecule has 0 spiro atoms. The Kier molecular flexibility index (Phi) is 40.5. The summed E-state index contributed by atoms with van der Waals surface area (Å²) in [5.41, 5.74) is 0. The summed E-state index contributed by atoms with van der Waals surface area (Å²) in [4.78, 5) is 35.0. The Morgan fingerprint density at radius 1 is 0.532 bits per heavy atom. The van der Waals surface area contributed by atoms with E-state index in [1.807, 2.05) is 66.8 Å². The molecule has 62 heavy (non-hydrogen) atoms. The van der Waals surface area contributed by atoms with E-state index < -0.39 is 64.5 Å². The van der Waals surface area contributed by atoms with E-state index in [2.05, 4.69) is 91.3 Å². The van der Waals surface area contributed by atoms with Gasteiger partial charge in [0.1, 0.15) is 12.7 Å². The summed E-state index contributed by atoms with van der Waals surface area (Å²) in [5, 5.41) is 28.2. The van der Waals surface area contributed by atoms with E-state index in [1.54, 1.807) is 6.08 Å². The van der Waals surface area contributed by atoms with Gasteiger partial charge in [-0.25, -0.2) is 4.57 Å². The molecule has 0 saturated carbocycles. The van der Waals surface area contributed by atoms with E-state index in [0.717, 1.165) is 51.4 Å². The molecule has 2 unspecified atom stereocenters. The molecule has 346 valence electrons. The summed E-state index contributed by atoms with van der Waals surface area (Å²) in [6.07, 6.45) is 56.0. The zero-order valence-electron chi connectivity index (χ0n) is 37.1. The van der Waals surface area contributed by atoms with Crippen molar-refractivity contribution in [3.8, 4) is 0 Å². The number of esters is 2. The Morgan fingerprint density at radius 2 is 0.952 bits per heavy atom. The van der Waals surface area contributed by atoms with E-state index in [0.29, 0.717) is 32.1 Å². The minimum atomic E-state index is -4.68. The number of carbonyl (C=O) groups excluding carboxylic acids is 2. The Bertz CT molecular complexity index is 1540. The van der Waals surface area contributed by atoms with Crippen molar-refractivity contribution in [2.45, 2.75) is 128 Å². The van der Waals surface area contributed by atoms with Gasteiger partial charge in [0.05, 0.1) is 25.9 Å². The minimum absolute atomic E-state index is 0.0253. The van der Waals surface area contributed by atoms with Gasteiger partial charge in [0.15, 0.2) is 6.10 Å². The van der Waals surface area contributed by atoms with Crippen molar-refractivity contribution in [3.05, 3.63) is 146 Å². The first-order chi connectivity index (χ1) is 30.1. The highest BCUT2D eigenvalue weighted by atomic mass is 31.2. The molecule has 0 rings (SSSR count). The van der Waals surface area contributed by atoms with Gasteiger partial charge in [-0.15, -0.1) is 0 Å². The molecule has 0 aliphatic rings. The second-order valence-corrected chi connectivity index (χ2v) is 15.3. The first-order valence-corrected chi connectivity index (χ1v) is 23.4. The van der Waals surface area contributed by atoms with Crippen molar-refractivity contribution in [2.24, 2.45) is 0 Å². The summed E-state index contributed by atoms with van der Waals surface area (Å²) >= 11 is 0. The Morgan fingerprint density at radius 3 is 1.44 bits per heavy atom. The summed E-state index contributed by atoms with van der Waals surface area (Å²) in [6, 6.07) is 0. The molecule has 0 bridgehead atoms. The smallest absolute Gasteiger partial charge is 0.462 e. The van der Waals surface area contributed by atoms with E-state index in [9.17, 15) is 29.3 Å². The van der Waals surface area contributed by atoms with Crippen LogP contribution >= 0.6 is 7.82 Å². The molecule has 0 aromatic rings. The molecule has 0 amide bonds. The molecule has 0 fully saturated rings. The zero-order valence-corrected chi connectivity index (χ0v) is 38.0. The topological polar surface area (TPSA) is 169 Å². The lowest BCUT2D eigenvalue weighted by Crippen LogP contribution is -2.29. The molecule has 0 aliphatic carbocycles. The molecule has 0 radical (unpaired) electrons. The number of phosphoric acid groups is 1. The number of rotatable bonds is 38. The highest BCUT2D eigenvalue weighted by molar-refractivity contribution is 7.47. The number of aliphatic hydroxyl groups excluding tert-OH is 3. The van der Waals surface area contributed by atoms with Crippen LogP contribution in [0.4, 0.5) is 0 Å². The highest BCUT2D eigenvalue weighted by Gasteiger charge is 2.27. The summed E-state index contributed by atoms with van der Waals surface area (Å²) in [6.45, 7) is 1.83. The van der Waals surface area contributed by atoms with Crippen LogP contribution in [0.5, 0.6) is 0 Å². The van der Waals surface area contributed by atoms with Gasteiger partial charge in [-0.2, -0.15) is 0 Å². The normalized spacial score (nSPS) is 15.6. The second kappa shape index (κ2) is 43.5. The number of hydrogen-bond donors (Lipinski definition) is 4. The standard InChI is InChI=1S/C50H75O11P/c1-3-5-7-8-9-10-11-12-13-14-15-16-17-20-24-27-30-33-37-41-50(55)61-48(45-60-62(56,57)59-43-47(53)42-51)44-58-49(54)40-36-32-29-26-23-21-18-19-22-25-28-31-35-39-46(52)38-34-6-4-2/h5-7,9-10,12-13,15-16,19-24,28-35,39,46-48,51-53H,3-4,8,11,14,17-18,25-27,36-38,40-45H2,1-2H3,(H,56,57)/b7-5-,10-9-,13-12-,16-15-,22-19-,23-21-,24-20-,31-28+,32-29-,33-30-,34-6-,39-35+/t46?,47-,48+/m0/s1. The third kappa shape index (κ3) is 42.5. The fourth-order valence-electron chi connectivity index (χ4n) is 4.77. The maximum Gasteiger partial charge on any atom is 0.472 e. The molecule has 0 aromatic carbocycles. The third-order valence-electron chi connectivity index (χ3n) is 8.10. The average molecular weight is 883 g/mol. The largest absolute Gasteiger partial charge is 0.472 e. The SMILES string of the molecule is CC/C=C\C/C=C\C/C=C\C/C=C\C/C=C\C/C=C\CCC(=O)O[C@H](COC(=O)CC/C=C\C/C=C\C/C=C\C/C=C/C=C/C(O)C/C=C\CC)COP(=O)(O)OC[C@@H](O)CO. The van der Waals surface area contributed by atoms with Crippen molar-refractivity contribution in [1.29, 1.82) is 0 Å². The van der Waals surface area contributed by atoms with E-state index in [-0.39, 0.29) is 12.8 Å². The molecule has 11 nitrogen and oxygen atoms in total. The van der Waals surface area contributed by atoms with Crippen molar-refractivity contribution >= 4 is 19.8 Å². The quantitative estimate of drug-likeness (QED) is 0.0201. The lowest BCUT2D eigenvalue weighted by molar-refractivity contribution is -0.161. The van der Waals surface area contributed by atoms with E-state index >= 15 is 0 Å². The van der Waals surface area contributed by atoms with Crippen LogP contribution in [0.3, 0.4) is 0 Å². The number of ether oxygens (including phenoxy) is 2. The van der Waals surface area contributed by atoms with Crippen LogP contribution in [-0.4, -0.2) is 76.9 Å². The predicted octanol–water partition coefficient (Wildman–Crippen LogP) is 10.9. The molecule has 0 aromatic heterocycles. The molecular weight excluding hydrogens is 808 g/mol. The Hall–Kier alpha value is -4.19. The first-order valence-electron chi connectivity index (χ1n) is 21.9. The number of allylic oxidation sites excluding steroid dienone is 22. The van der Waals surface area contributed by atoms with Crippen LogP contribution in [0.25, 0.3) is 0 Å². The molecule has 0 aliphatic heterocycles. The third-order valence-corrected chi connectivity index (χ3v) is 9.05. The molecule has 0 saturated heterocycles. The molecule has 0 heterocycles. The van der Waals surface area contributed by atoms with Crippen molar-refractivity contribution in [3.63, 3.8) is 0 Å². The van der Waals surface area contributed by atoms with Gasteiger partial charge in [0.25, 0.3) is 0 Å². The van der Waals surface area contributed by atoms with Gasteiger partial charge < -0.3 is 29.7 Å². The number of carbonyl (C=O) groups is 2. The lowest BCUT2D eigenvalue weighted by Gasteiger charge is -2.20. The van der Waals surface area contributed by atoms with Crippen LogP contribution in [0.2, 0.25) is 0 Å². The van der Waals surface area contributed by atoms with Gasteiger partial charge >= 0.3 is 19.8 Å². The van der Waals surface area contributed by atoms with Crippen molar-refractivity contribution in [2.75, 3.05) is 26.4 Å². The van der Waals surface area contributed by atoms with E-state index in [1.165, 1.54) is 0 Å². The summed E-state index contributed by atoms with van der Waals surface area (Å²) in [5.74, 6) is -1.16. The molecule has 4 N–H and O–H groups in total. The van der Waals surface area contributed by atoms with Crippen LogP contribution < -0.4 is 0 Å². The first kappa shape index (κ1) is 57.8. The lowest BCUT2D eigenvalue weighted by atomic mass is 10.2. The highest BCUT2D eigenvalue weighted by Crippen LogP contribution is 2.43. The molecular formula is C50H75O11P. The van der Waals surface area contributed by atoms with Crippen LogP contribution in [-0.2, 0) is 32.7 Å². The van der Waals surface area contributed by atoms with Gasteiger partial charge in [0, 0.05) is 12.8 Å². The number of hydrogen-bond acceptors (Lipinski definition) is 10. The van der Waals surface area contributed by atoms with Crippen molar-refractivity contribution < 1.29 is 52.9 Å². The number of aliphatic hydroxyl groups is 3. The van der Waals surface area contributed by atoms with Gasteiger partial charge in [0.2, 0.25) is 0 Å². The Balaban J connectivity index is 4.60. The average Bonchev–Trinajstić information content (AvgIpc) is 3.26. The fourth-order valence-corrected chi connectivity index (χ4v) is 5.56. The van der Waals surface area contributed by atoms with Crippen molar-refractivity contribution in [1.82, 2.24) is 0 Å². The summed E-state index contributed by atoms with van der Waals surface area (Å²) in [7, 11) is -4.68. The van der Waals surface area contributed by atoms with Crippen LogP contribution in [0, 0.1) is 0 Å². The van der Waals surface area contributed by atoms with E-state index in [4.69, 9.17) is 19.1 Å².